The van der Waals surface area contributed by atoms with Crippen LogP contribution in [0.25, 0.3) is 5.00 Å². The van der Waals surface area contributed by atoms with E-state index in [9.17, 15) is 0 Å². The molecule has 1 aliphatic carbocycles. The molecule has 0 N–H and O–H groups in total. The minimum atomic E-state index is 0.933. The predicted octanol–water partition coefficient (Wildman–Crippen LogP) is 4.15. The van der Waals surface area contributed by atoms with Gasteiger partial charge in [-0.05, 0) is 54.8 Å². The van der Waals surface area contributed by atoms with Crippen molar-refractivity contribution in [2.75, 3.05) is 0 Å². The van der Waals surface area contributed by atoms with Gasteiger partial charge in [-0.3, -0.25) is 4.57 Å². The highest BCUT2D eigenvalue weighted by Crippen LogP contribution is 2.26. The van der Waals surface area contributed by atoms with Crippen LogP contribution in [0.5, 0.6) is 0 Å². The van der Waals surface area contributed by atoms with Gasteiger partial charge in [0.05, 0.1) is 0 Å². The standard InChI is InChI=1S/C13H13NS2/c15-12-8-7-10-4-1-2-5-11(10)14(12)13-6-3-9-16-13/h3,6-9H,1-2,4-5H2. The summed E-state index contributed by atoms with van der Waals surface area (Å²) in [5.74, 6) is 0. The molecule has 0 bridgehead atoms. The molecule has 0 aliphatic heterocycles. The van der Waals surface area contributed by atoms with Crippen LogP contribution in [0.3, 0.4) is 0 Å². The number of hydrogen-bond acceptors (Lipinski definition) is 2. The summed E-state index contributed by atoms with van der Waals surface area (Å²) in [6, 6.07) is 8.51. The summed E-state index contributed by atoms with van der Waals surface area (Å²) in [7, 11) is 0. The summed E-state index contributed by atoms with van der Waals surface area (Å²) in [4.78, 5) is 0. The first-order chi connectivity index (χ1) is 7.86. The van der Waals surface area contributed by atoms with Crippen LogP contribution in [-0.2, 0) is 12.8 Å². The van der Waals surface area contributed by atoms with Gasteiger partial charge in [0.1, 0.15) is 9.64 Å². The largest absolute Gasteiger partial charge is 0.296 e. The fourth-order valence-electron chi connectivity index (χ4n) is 2.37. The van der Waals surface area contributed by atoms with Crippen LogP contribution in [0.4, 0.5) is 0 Å². The quantitative estimate of drug-likeness (QED) is 0.685. The molecule has 3 heteroatoms. The van der Waals surface area contributed by atoms with Gasteiger partial charge in [-0.25, -0.2) is 0 Å². The fourth-order valence-corrected chi connectivity index (χ4v) is 3.47. The van der Waals surface area contributed by atoms with E-state index in [2.05, 4.69) is 34.2 Å². The van der Waals surface area contributed by atoms with Gasteiger partial charge >= 0.3 is 0 Å². The summed E-state index contributed by atoms with van der Waals surface area (Å²) in [5, 5.41) is 3.36. The summed E-state index contributed by atoms with van der Waals surface area (Å²) in [6.07, 6.45) is 4.97. The minimum absolute atomic E-state index is 0.933. The average Bonchev–Trinajstić information content (AvgIpc) is 2.82. The molecule has 0 aromatic carbocycles. The lowest BCUT2D eigenvalue weighted by Gasteiger charge is -2.20. The molecular formula is C13H13NS2. The number of aryl methyl sites for hydroxylation is 1. The molecule has 1 aliphatic rings. The second-order valence-electron chi connectivity index (χ2n) is 4.14. The van der Waals surface area contributed by atoms with Gasteiger partial charge in [0.15, 0.2) is 0 Å². The number of pyridine rings is 1. The molecule has 0 amide bonds. The fraction of sp³-hybridized carbons (Fsp3) is 0.308. The number of fused-ring (bicyclic) bond motifs is 1. The van der Waals surface area contributed by atoms with Crippen LogP contribution in [0.2, 0.25) is 0 Å². The molecule has 2 aromatic heterocycles. The molecule has 82 valence electrons. The van der Waals surface area contributed by atoms with Crippen molar-refractivity contribution in [1.82, 2.24) is 4.57 Å². The topological polar surface area (TPSA) is 4.93 Å². The zero-order chi connectivity index (χ0) is 11.0. The Balaban J connectivity index is 2.27. The first-order valence-corrected chi connectivity index (χ1v) is 6.93. The number of thiophene rings is 1. The van der Waals surface area contributed by atoms with Crippen molar-refractivity contribution in [2.24, 2.45) is 0 Å². The van der Waals surface area contributed by atoms with E-state index in [0.717, 1.165) is 11.1 Å². The minimum Gasteiger partial charge on any atom is -0.296 e. The van der Waals surface area contributed by atoms with Gasteiger partial charge in [-0.15, -0.1) is 11.3 Å². The van der Waals surface area contributed by atoms with E-state index in [-0.39, 0.29) is 0 Å². The molecule has 0 saturated carbocycles. The Bertz CT molecular complexity index is 552. The first-order valence-electron chi connectivity index (χ1n) is 5.64. The van der Waals surface area contributed by atoms with Crippen LogP contribution in [-0.4, -0.2) is 4.57 Å². The Morgan fingerprint density at radius 2 is 2.00 bits per heavy atom. The number of rotatable bonds is 1. The lowest BCUT2D eigenvalue weighted by molar-refractivity contribution is 0.649. The van der Waals surface area contributed by atoms with Crippen LogP contribution in [0.15, 0.2) is 29.6 Å². The van der Waals surface area contributed by atoms with Crippen molar-refractivity contribution in [2.45, 2.75) is 25.7 Å². The molecule has 0 saturated heterocycles. The van der Waals surface area contributed by atoms with Crippen molar-refractivity contribution < 1.29 is 0 Å². The lowest BCUT2D eigenvalue weighted by atomic mass is 9.96. The SMILES string of the molecule is S=c1ccc2c(n1-c1cccs1)CCCC2. The summed E-state index contributed by atoms with van der Waals surface area (Å²) in [5.41, 5.74) is 2.91. The maximum absolute atomic E-state index is 5.46. The van der Waals surface area contributed by atoms with E-state index in [1.165, 1.54) is 35.5 Å². The Kier molecular flexibility index (Phi) is 2.65. The zero-order valence-corrected chi connectivity index (χ0v) is 10.6. The third-order valence-electron chi connectivity index (χ3n) is 3.12. The summed E-state index contributed by atoms with van der Waals surface area (Å²) in [6.45, 7) is 0. The Labute approximate surface area is 104 Å². The average molecular weight is 247 g/mol. The molecule has 0 atom stereocenters. The Morgan fingerprint density at radius 1 is 1.12 bits per heavy atom. The molecule has 2 heterocycles. The van der Waals surface area contributed by atoms with Crippen molar-refractivity contribution in [3.63, 3.8) is 0 Å². The monoisotopic (exact) mass is 247 g/mol. The van der Waals surface area contributed by atoms with Crippen molar-refractivity contribution in [1.29, 1.82) is 0 Å². The predicted molar refractivity (Wildman–Crippen MR) is 71.1 cm³/mol. The van der Waals surface area contributed by atoms with Gasteiger partial charge in [-0.1, -0.05) is 18.3 Å². The molecule has 1 nitrogen and oxygen atoms in total. The van der Waals surface area contributed by atoms with E-state index in [1.807, 2.05) is 0 Å². The van der Waals surface area contributed by atoms with Gasteiger partial charge in [0.2, 0.25) is 0 Å². The molecule has 0 fully saturated rings. The van der Waals surface area contributed by atoms with Gasteiger partial charge in [0.25, 0.3) is 0 Å². The van der Waals surface area contributed by atoms with Gasteiger partial charge < -0.3 is 0 Å². The molecule has 0 radical (unpaired) electrons. The highest BCUT2D eigenvalue weighted by molar-refractivity contribution is 7.71. The smallest absolute Gasteiger partial charge is 0.111 e. The van der Waals surface area contributed by atoms with Crippen molar-refractivity contribution >= 4 is 23.6 Å². The highest BCUT2D eigenvalue weighted by atomic mass is 32.1. The van der Waals surface area contributed by atoms with Crippen molar-refractivity contribution in [3.8, 4) is 5.00 Å². The lowest BCUT2D eigenvalue weighted by Crippen LogP contribution is -2.12. The normalized spacial score (nSPS) is 14.8. The van der Waals surface area contributed by atoms with Crippen LogP contribution < -0.4 is 0 Å². The van der Waals surface area contributed by atoms with E-state index in [4.69, 9.17) is 12.2 Å². The highest BCUT2D eigenvalue weighted by Gasteiger charge is 2.14. The number of aromatic nitrogens is 1. The molecule has 16 heavy (non-hydrogen) atoms. The molecular weight excluding hydrogens is 234 g/mol. The second kappa shape index (κ2) is 4.15. The summed E-state index contributed by atoms with van der Waals surface area (Å²) < 4.78 is 3.19. The molecule has 0 spiro atoms. The third kappa shape index (κ3) is 1.64. The third-order valence-corrected chi connectivity index (χ3v) is 4.30. The van der Waals surface area contributed by atoms with E-state index in [0.29, 0.717) is 0 Å². The molecule has 3 rings (SSSR count). The van der Waals surface area contributed by atoms with Gasteiger partial charge in [-0.2, -0.15) is 0 Å². The van der Waals surface area contributed by atoms with Crippen LogP contribution >= 0.6 is 23.6 Å². The Hall–Kier alpha value is -0.930. The molecule has 2 aromatic rings. The molecule has 0 unspecified atom stereocenters. The van der Waals surface area contributed by atoms with E-state index < -0.39 is 0 Å². The first kappa shape index (κ1) is 10.2. The Morgan fingerprint density at radius 3 is 2.81 bits per heavy atom. The van der Waals surface area contributed by atoms with Crippen LogP contribution in [0, 0.1) is 4.64 Å². The van der Waals surface area contributed by atoms with Crippen molar-refractivity contribution in [3.05, 3.63) is 45.5 Å². The summed E-state index contributed by atoms with van der Waals surface area (Å²) >= 11 is 7.21. The maximum atomic E-state index is 5.46. The maximum Gasteiger partial charge on any atom is 0.111 e. The second-order valence-corrected chi connectivity index (χ2v) is 5.48. The van der Waals surface area contributed by atoms with Crippen LogP contribution in [0.1, 0.15) is 24.1 Å². The van der Waals surface area contributed by atoms with Gasteiger partial charge in [0, 0.05) is 5.69 Å². The number of nitrogens with zero attached hydrogens (tertiary/aromatic N) is 1. The van der Waals surface area contributed by atoms with E-state index in [1.54, 1.807) is 11.3 Å². The van der Waals surface area contributed by atoms with E-state index >= 15 is 0 Å². The zero-order valence-electron chi connectivity index (χ0n) is 8.98. The number of hydrogen-bond donors (Lipinski definition) is 0.